The molecule has 0 saturated heterocycles. The van der Waals surface area contributed by atoms with Gasteiger partial charge in [0.15, 0.2) is 17.4 Å². The van der Waals surface area contributed by atoms with E-state index in [1.54, 1.807) is 0 Å². The molecule has 2 aromatic heterocycles. The first-order chi connectivity index (χ1) is 9.21. The summed E-state index contributed by atoms with van der Waals surface area (Å²) in [5, 5.41) is 27.2. The minimum absolute atomic E-state index is 0.120. The van der Waals surface area contributed by atoms with Crippen molar-refractivity contribution in [1.82, 2.24) is 19.5 Å². The molecule has 0 amide bonds. The van der Waals surface area contributed by atoms with E-state index in [1.165, 1.54) is 17.2 Å². The van der Waals surface area contributed by atoms with Gasteiger partial charge in [-0.2, -0.15) is 0 Å². The summed E-state index contributed by atoms with van der Waals surface area (Å²) in [7, 11) is 0. The van der Waals surface area contributed by atoms with Gasteiger partial charge in [0.2, 0.25) is 0 Å². The molecule has 0 spiro atoms. The molecule has 0 unspecified atom stereocenters. The van der Waals surface area contributed by atoms with Crippen LogP contribution < -0.4 is 5.56 Å². The van der Waals surface area contributed by atoms with E-state index in [4.69, 9.17) is 14.9 Å². The largest absolute Gasteiger partial charge is 0.394 e. The van der Waals surface area contributed by atoms with Gasteiger partial charge in [-0.05, 0) is 0 Å². The number of aliphatic hydroxyl groups is 3. The van der Waals surface area contributed by atoms with Gasteiger partial charge in [0.1, 0.15) is 6.10 Å². The van der Waals surface area contributed by atoms with Crippen LogP contribution >= 0.6 is 0 Å². The zero-order valence-corrected chi connectivity index (χ0v) is 9.93. The van der Waals surface area contributed by atoms with Gasteiger partial charge in [0.25, 0.3) is 5.56 Å². The molecule has 1 atom stereocenters. The quantitative estimate of drug-likeness (QED) is 0.476. The van der Waals surface area contributed by atoms with Crippen LogP contribution in [0.3, 0.4) is 0 Å². The number of aromatic amines is 1. The molecule has 9 nitrogen and oxygen atoms in total. The van der Waals surface area contributed by atoms with Crippen LogP contribution in [0.5, 0.6) is 0 Å². The van der Waals surface area contributed by atoms with Gasteiger partial charge in [-0.1, -0.05) is 0 Å². The molecule has 2 heterocycles. The van der Waals surface area contributed by atoms with E-state index in [0.29, 0.717) is 0 Å². The highest BCUT2D eigenvalue weighted by Crippen LogP contribution is 2.15. The average molecular weight is 270 g/mol. The second-order valence-electron chi connectivity index (χ2n) is 3.82. The zero-order valence-electron chi connectivity index (χ0n) is 9.93. The number of aliphatic hydroxyl groups excluding tert-OH is 3. The summed E-state index contributed by atoms with van der Waals surface area (Å²) >= 11 is 0. The highest BCUT2D eigenvalue weighted by atomic mass is 16.5. The minimum atomic E-state index is -0.899. The fourth-order valence-corrected chi connectivity index (χ4v) is 1.64. The van der Waals surface area contributed by atoms with Gasteiger partial charge in [-0.15, -0.1) is 0 Å². The topological polar surface area (TPSA) is 133 Å². The maximum atomic E-state index is 11.5. The van der Waals surface area contributed by atoms with Gasteiger partial charge >= 0.3 is 0 Å². The van der Waals surface area contributed by atoms with Crippen molar-refractivity contribution in [2.45, 2.75) is 12.3 Å². The fourth-order valence-electron chi connectivity index (χ4n) is 1.64. The molecule has 0 aliphatic heterocycles. The number of ether oxygens (including phenoxy) is 1. The highest BCUT2D eigenvalue weighted by Gasteiger charge is 2.19. The monoisotopic (exact) mass is 270 g/mol. The second-order valence-corrected chi connectivity index (χ2v) is 3.82. The molecule has 0 fully saturated rings. The molecule has 0 bridgehead atoms. The van der Waals surface area contributed by atoms with Crippen LogP contribution in [0, 0.1) is 0 Å². The van der Waals surface area contributed by atoms with Crippen molar-refractivity contribution in [1.29, 1.82) is 0 Å². The Bertz CT molecular complexity index is 591. The lowest BCUT2D eigenvalue weighted by Gasteiger charge is -2.21. The number of hydrogen-bond acceptors (Lipinski definition) is 7. The van der Waals surface area contributed by atoms with Crippen LogP contribution in [0.1, 0.15) is 6.23 Å². The SMILES string of the molecule is O=c1[nH]cnc2c1ncn2[C@@H](CO)OC(CO)CO. The van der Waals surface area contributed by atoms with Gasteiger partial charge < -0.3 is 25.0 Å². The van der Waals surface area contributed by atoms with Crippen LogP contribution in [0.15, 0.2) is 17.4 Å². The smallest absolute Gasteiger partial charge is 0.278 e. The first kappa shape index (κ1) is 13.6. The molecule has 0 saturated carbocycles. The molecule has 9 heteroatoms. The number of imidazole rings is 1. The molecule has 104 valence electrons. The first-order valence-corrected chi connectivity index (χ1v) is 5.59. The van der Waals surface area contributed by atoms with Crippen LogP contribution in [0.25, 0.3) is 11.2 Å². The number of nitrogens with zero attached hydrogens (tertiary/aromatic N) is 3. The van der Waals surface area contributed by atoms with E-state index < -0.39 is 37.7 Å². The molecular weight excluding hydrogens is 256 g/mol. The summed E-state index contributed by atoms with van der Waals surface area (Å²) < 4.78 is 6.68. The Labute approximate surface area is 107 Å². The van der Waals surface area contributed by atoms with Crippen molar-refractivity contribution in [2.24, 2.45) is 0 Å². The van der Waals surface area contributed by atoms with E-state index in [2.05, 4.69) is 15.0 Å². The average Bonchev–Trinajstić information content (AvgIpc) is 2.86. The normalized spacial score (nSPS) is 13.3. The Balaban J connectivity index is 2.36. The third-order valence-electron chi connectivity index (χ3n) is 2.59. The summed E-state index contributed by atoms with van der Waals surface area (Å²) in [6.07, 6.45) is 0.784. The predicted molar refractivity (Wildman–Crippen MR) is 63.3 cm³/mol. The number of aromatic nitrogens is 4. The number of fused-ring (bicyclic) bond motifs is 1. The van der Waals surface area contributed by atoms with Crippen LogP contribution in [0.4, 0.5) is 0 Å². The Morgan fingerprint density at radius 3 is 2.63 bits per heavy atom. The number of rotatable bonds is 6. The standard InChI is InChI=1S/C10H14N4O5/c15-1-6(2-16)19-7(3-17)14-5-13-8-9(14)11-4-12-10(8)18/h4-7,15-17H,1-3H2,(H,11,12,18)/t7-/m1/s1. The minimum Gasteiger partial charge on any atom is -0.394 e. The van der Waals surface area contributed by atoms with E-state index in [9.17, 15) is 9.90 Å². The molecule has 0 aromatic carbocycles. The van der Waals surface area contributed by atoms with E-state index >= 15 is 0 Å². The summed E-state index contributed by atoms with van der Waals surface area (Å²) in [5.74, 6) is 0. The number of hydrogen-bond donors (Lipinski definition) is 4. The van der Waals surface area contributed by atoms with Crippen molar-refractivity contribution in [3.63, 3.8) is 0 Å². The Kier molecular flexibility index (Phi) is 4.22. The summed E-state index contributed by atoms with van der Waals surface area (Å²) in [5.41, 5.74) is -0.0344. The van der Waals surface area contributed by atoms with Crippen LogP contribution in [0.2, 0.25) is 0 Å². The lowest BCUT2D eigenvalue weighted by molar-refractivity contribution is -0.110. The number of nitrogens with one attached hydrogen (secondary N) is 1. The Morgan fingerprint density at radius 2 is 2.00 bits per heavy atom. The maximum Gasteiger partial charge on any atom is 0.278 e. The number of H-pyrrole nitrogens is 1. The Hall–Kier alpha value is -1.81. The molecule has 0 aliphatic carbocycles. The third kappa shape index (κ3) is 2.63. The van der Waals surface area contributed by atoms with Crippen molar-refractivity contribution >= 4 is 11.2 Å². The zero-order chi connectivity index (χ0) is 13.8. The van der Waals surface area contributed by atoms with Gasteiger partial charge in [-0.25, -0.2) is 9.97 Å². The summed E-state index contributed by atoms with van der Waals surface area (Å²) in [6.45, 7) is -1.21. The summed E-state index contributed by atoms with van der Waals surface area (Å²) in [4.78, 5) is 21.7. The van der Waals surface area contributed by atoms with E-state index in [1.807, 2.05) is 0 Å². The molecule has 19 heavy (non-hydrogen) atoms. The van der Waals surface area contributed by atoms with E-state index in [0.717, 1.165) is 0 Å². The molecular formula is C10H14N4O5. The molecule has 0 aliphatic rings. The van der Waals surface area contributed by atoms with Crippen molar-refractivity contribution in [2.75, 3.05) is 19.8 Å². The third-order valence-corrected chi connectivity index (χ3v) is 2.59. The van der Waals surface area contributed by atoms with Gasteiger partial charge in [-0.3, -0.25) is 9.36 Å². The summed E-state index contributed by atoms with van der Waals surface area (Å²) in [6, 6.07) is 0. The van der Waals surface area contributed by atoms with Crippen molar-refractivity contribution < 1.29 is 20.1 Å². The lowest BCUT2D eigenvalue weighted by Crippen LogP contribution is -2.29. The van der Waals surface area contributed by atoms with Crippen LogP contribution in [-0.2, 0) is 4.74 Å². The Morgan fingerprint density at radius 1 is 1.26 bits per heavy atom. The molecule has 0 radical (unpaired) electrons. The lowest BCUT2D eigenvalue weighted by atomic mass is 10.4. The highest BCUT2D eigenvalue weighted by molar-refractivity contribution is 5.68. The molecule has 2 rings (SSSR count). The van der Waals surface area contributed by atoms with Crippen LogP contribution in [-0.4, -0.2) is 60.8 Å². The van der Waals surface area contributed by atoms with E-state index in [-0.39, 0.29) is 11.2 Å². The molecule has 4 N–H and O–H groups in total. The van der Waals surface area contributed by atoms with Crippen molar-refractivity contribution in [3.05, 3.63) is 23.0 Å². The van der Waals surface area contributed by atoms with Gasteiger partial charge in [0.05, 0.1) is 32.5 Å². The maximum absolute atomic E-state index is 11.5. The van der Waals surface area contributed by atoms with Gasteiger partial charge in [0, 0.05) is 0 Å². The molecule has 2 aromatic rings. The predicted octanol–water partition coefficient (Wildman–Crippen LogP) is -2.02. The fraction of sp³-hybridized carbons (Fsp3) is 0.500. The second kappa shape index (κ2) is 5.89. The first-order valence-electron chi connectivity index (χ1n) is 5.59. The van der Waals surface area contributed by atoms with Crippen molar-refractivity contribution in [3.8, 4) is 0 Å².